The number of carbonyl (C=O) groups is 2. The number of hydrogen-bond acceptors (Lipinski definition) is 4. The molecule has 0 spiro atoms. The summed E-state index contributed by atoms with van der Waals surface area (Å²) in [5, 5.41) is 0. The van der Waals surface area contributed by atoms with Gasteiger partial charge in [-0.1, -0.05) is 121 Å². The van der Waals surface area contributed by atoms with Crippen LogP contribution in [0.3, 0.4) is 0 Å². The van der Waals surface area contributed by atoms with Gasteiger partial charge in [-0.25, -0.2) is 4.79 Å². The molecule has 0 saturated carbocycles. The molecule has 242 valence electrons. The van der Waals surface area contributed by atoms with Gasteiger partial charge in [0.2, 0.25) is 0 Å². The number of aryl methyl sites for hydroxylation is 2. The molecule has 1 atom stereocenters. The molecule has 0 aliphatic heterocycles. The highest BCUT2D eigenvalue weighted by Gasteiger charge is 2.28. The highest BCUT2D eigenvalue weighted by atomic mass is 16.5. The Balaban J connectivity index is 1.24. The van der Waals surface area contributed by atoms with Crippen LogP contribution in [0.1, 0.15) is 131 Å². The summed E-state index contributed by atoms with van der Waals surface area (Å²) in [6.45, 7) is 6.53. The third-order valence-electron chi connectivity index (χ3n) is 9.18. The van der Waals surface area contributed by atoms with E-state index in [1.165, 1.54) is 56.9 Å². The SMILES string of the molecule is CCCCCCCCCCc1ccc(-c2ccc(C(=O)Oc3ccc4c(c3)CCC(C(=O)OC(CCC)CCC)C4)cc2)cc1. The molecule has 1 aliphatic carbocycles. The quantitative estimate of drug-likeness (QED) is 0.0817. The fraction of sp³-hybridized carbons (Fsp3) is 0.512. The van der Waals surface area contributed by atoms with E-state index in [1.807, 2.05) is 42.5 Å². The van der Waals surface area contributed by atoms with E-state index in [0.717, 1.165) is 67.2 Å². The standard InChI is InChI=1S/C41H54O4/c1-4-7-8-9-10-11-12-13-16-31-17-19-32(20-18-31)33-21-23-34(24-22-33)40(42)45-39-28-27-35-29-37(26-25-36(35)30-39)41(43)44-38(14-5-2)15-6-3/h17-24,27-28,30,37-38H,4-16,25-26,29H2,1-3H3. The number of unbranched alkanes of at least 4 members (excludes halogenated alkanes) is 7. The van der Waals surface area contributed by atoms with Gasteiger partial charge in [0.1, 0.15) is 11.9 Å². The van der Waals surface area contributed by atoms with Crippen molar-refractivity contribution >= 4 is 11.9 Å². The lowest BCUT2D eigenvalue weighted by Crippen LogP contribution is -2.28. The normalized spacial score (nSPS) is 14.3. The molecule has 0 saturated heterocycles. The maximum absolute atomic E-state index is 13.0. The Morgan fingerprint density at radius 3 is 1.98 bits per heavy atom. The minimum atomic E-state index is -0.364. The molecular weight excluding hydrogens is 556 g/mol. The summed E-state index contributed by atoms with van der Waals surface area (Å²) in [6, 6.07) is 22.3. The molecule has 0 fully saturated rings. The second kappa shape index (κ2) is 18.5. The Labute approximate surface area is 271 Å². The van der Waals surface area contributed by atoms with Crippen LogP contribution in [0.4, 0.5) is 0 Å². The van der Waals surface area contributed by atoms with Crippen molar-refractivity contribution in [3.8, 4) is 16.9 Å². The monoisotopic (exact) mass is 610 g/mol. The van der Waals surface area contributed by atoms with Gasteiger partial charge in [0.25, 0.3) is 0 Å². The lowest BCUT2D eigenvalue weighted by Gasteiger charge is -2.26. The molecule has 0 bridgehead atoms. The van der Waals surface area contributed by atoms with E-state index in [1.54, 1.807) is 0 Å². The van der Waals surface area contributed by atoms with E-state index in [2.05, 4.69) is 45.0 Å². The largest absolute Gasteiger partial charge is 0.462 e. The van der Waals surface area contributed by atoms with Crippen LogP contribution in [0.25, 0.3) is 11.1 Å². The van der Waals surface area contributed by atoms with Crippen molar-refractivity contribution in [1.29, 1.82) is 0 Å². The van der Waals surface area contributed by atoms with Crippen molar-refractivity contribution in [1.82, 2.24) is 0 Å². The van der Waals surface area contributed by atoms with Gasteiger partial charge in [0.05, 0.1) is 11.5 Å². The zero-order chi connectivity index (χ0) is 31.9. The summed E-state index contributed by atoms with van der Waals surface area (Å²) in [6.07, 6.45) is 18.0. The van der Waals surface area contributed by atoms with Crippen molar-refractivity contribution in [2.45, 2.75) is 130 Å². The van der Waals surface area contributed by atoms with Crippen LogP contribution in [-0.4, -0.2) is 18.0 Å². The Morgan fingerprint density at radius 2 is 1.33 bits per heavy atom. The van der Waals surface area contributed by atoms with Crippen molar-refractivity contribution < 1.29 is 19.1 Å². The third kappa shape index (κ3) is 10.9. The molecular formula is C41H54O4. The highest BCUT2D eigenvalue weighted by Crippen LogP contribution is 2.31. The predicted molar refractivity (Wildman–Crippen MR) is 185 cm³/mol. The zero-order valence-electron chi connectivity index (χ0n) is 28.0. The fourth-order valence-electron chi connectivity index (χ4n) is 6.45. The molecule has 0 radical (unpaired) electrons. The first-order valence-electron chi connectivity index (χ1n) is 17.7. The minimum absolute atomic E-state index is 0.0275. The molecule has 0 N–H and O–H groups in total. The number of benzene rings is 3. The second-order valence-corrected chi connectivity index (χ2v) is 12.9. The van der Waals surface area contributed by atoms with Crippen LogP contribution in [0.2, 0.25) is 0 Å². The lowest BCUT2D eigenvalue weighted by atomic mass is 9.84. The summed E-state index contributed by atoms with van der Waals surface area (Å²) in [7, 11) is 0. The molecule has 4 heteroatoms. The number of ether oxygens (including phenoxy) is 2. The first kappa shape index (κ1) is 34.5. The number of esters is 2. The maximum Gasteiger partial charge on any atom is 0.343 e. The molecule has 1 unspecified atom stereocenters. The average molecular weight is 611 g/mol. The number of rotatable bonds is 18. The van der Waals surface area contributed by atoms with Crippen LogP contribution < -0.4 is 4.74 Å². The van der Waals surface area contributed by atoms with Crippen molar-refractivity contribution in [3.05, 3.63) is 89.0 Å². The van der Waals surface area contributed by atoms with Gasteiger partial charge >= 0.3 is 11.9 Å². The van der Waals surface area contributed by atoms with Gasteiger partial charge in [0, 0.05) is 0 Å². The molecule has 4 rings (SSSR count). The van der Waals surface area contributed by atoms with Crippen molar-refractivity contribution in [2.75, 3.05) is 0 Å². The molecule has 0 aromatic heterocycles. The number of fused-ring (bicyclic) bond motifs is 1. The van der Waals surface area contributed by atoms with Crippen molar-refractivity contribution in [2.24, 2.45) is 5.92 Å². The van der Waals surface area contributed by atoms with Crippen LogP contribution in [0, 0.1) is 5.92 Å². The van der Waals surface area contributed by atoms with Gasteiger partial charge in [-0.05, 0) is 97.0 Å². The number of carbonyl (C=O) groups excluding carboxylic acids is 2. The fourth-order valence-corrected chi connectivity index (χ4v) is 6.45. The maximum atomic E-state index is 13.0. The van der Waals surface area contributed by atoms with E-state index in [4.69, 9.17) is 9.47 Å². The first-order chi connectivity index (χ1) is 22.0. The van der Waals surface area contributed by atoms with Gasteiger partial charge in [-0.2, -0.15) is 0 Å². The van der Waals surface area contributed by atoms with Crippen LogP contribution >= 0.6 is 0 Å². The van der Waals surface area contributed by atoms with E-state index >= 15 is 0 Å². The Kier molecular flexibility index (Phi) is 14.2. The summed E-state index contributed by atoms with van der Waals surface area (Å²) in [5.74, 6) is 0.00670. The summed E-state index contributed by atoms with van der Waals surface area (Å²) >= 11 is 0. The second-order valence-electron chi connectivity index (χ2n) is 12.9. The van der Waals surface area contributed by atoms with Gasteiger partial charge < -0.3 is 9.47 Å². The van der Waals surface area contributed by atoms with E-state index in [-0.39, 0.29) is 24.0 Å². The van der Waals surface area contributed by atoms with E-state index in [0.29, 0.717) is 17.7 Å². The summed E-state index contributed by atoms with van der Waals surface area (Å²) < 4.78 is 11.6. The molecule has 0 amide bonds. The Bertz CT molecular complexity index is 1320. The first-order valence-corrected chi connectivity index (χ1v) is 17.7. The molecule has 3 aromatic carbocycles. The summed E-state index contributed by atoms with van der Waals surface area (Å²) in [5.41, 5.74) is 6.43. The zero-order valence-corrected chi connectivity index (χ0v) is 28.0. The smallest absolute Gasteiger partial charge is 0.343 e. The van der Waals surface area contributed by atoms with E-state index < -0.39 is 0 Å². The Morgan fingerprint density at radius 1 is 0.711 bits per heavy atom. The molecule has 0 heterocycles. The Hall–Kier alpha value is -3.40. The van der Waals surface area contributed by atoms with Crippen LogP contribution in [0.15, 0.2) is 66.7 Å². The van der Waals surface area contributed by atoms with Gasteiger partial charge in [0.15, 0.2) is 0 Å². The topological polar surface area (TPSA) is 52.6 Å². The molecule has 4 nitrogen and oxygen atoms in total. The average Bonchev–Trinajstić information content (AvgIpc) is 3.06. The summed E-state index contributed by atoms with van der Waals surface area (Å²) in [4.78, 5) is 25.8. The predicted octanol–water partition coefficient (Wildman–Crippen LogP) is 10.9. The molecule has 1 aliphatic rings. The minimum Gasteiger partial charge on any atom is -0.462 e. The van der Waals surface area contributed by atoms with Gasteiger partial charge in [-0.3, -0.25) is 4.79 Å². The van der Waals surface area contributed by atoms with E-state index in [9.17, 15) is 9.59 Å². The van der Waals surface area contributed by atoms with Crippen LogP contribution in [-0.2, 0) is 28.8 Å². The molecule has 45 heavy (non-hydrogen) atoms. The van der Waals surface area contributed by atoms with Crippen LogP contribution in [0.5, 0.6) is 5.75 Å². The van der Waals surface area contributed by atoms with Gasteiger partial charge in [-0.15, -0.1) is 0 Å². The molecule has 3 aromatic rings. The highest BCUT2D eigenvalue weighted by molar-refractivity contribution is 5.91. The van der Waals surface area contributed by atoms with Crippen molar-refractivity contribution in [3.63, 3.8) is 0 Å². The third-order valence-corrected chi connectivity index (χ3v) is 9.18. The number of hydrogen-bond donors (Lipinski definition) is 0. The lowest BCUT2D eigenvalue weighted by molar-refractivity contribution is -0.155.